The van der Waals surface area contributed by atoms with Gasteiger partial charge in [0.2, 0.25) is 5.91 Å². The van der Waals surface area contributed by atoms with Gasteiger partial charge in [-0.2, -0.15) is 0 Å². The molecule has 2 aliphatic heterocycles. The second-order valence-electron chi connectivity index (χ2n) is 8.17. The van der Waals surface area contributed by atoms with Crippen LogP contribution < -0.4 is 10.6 Å². The van der Waals surface area contributed by atoms with Gasteiger partial charge < -0.3 is 15.5 Å². The minimum atomic E-state index is 0.0837. The zero-order valence-corrected chi connectivity index (χ0v) is 16.1. The second-order valence-corrected chi connectivity index (χ2v) is 8.60. The van der Waals surface area contributed by atoms with Crippen LogP contribution in [0.5, 0.6) is 0 Å². The zero-order valence-electron chi connectivity index (χ0n) is 15.4. The molecule has 1 spiro atoms. The summed E-state index contributed by atoms with van der Waals surface area (Å²) in [6.45, 7) is 3.60. The number of hydrogen-bond donors (Lipinski definition) is 2. The van der Waals surface area contributed by atoms with Crippen molar-refractivity contribution in [3.8, 4) is 0 Å². The normalized spacial score (nSPS) is 27.5. The van der Waals surface area contributed by atoms with Crippen molar-refractivity contribution >= 4 is 23.5 Å². The lowest BCUT2D eigenvalue weighted by Gasteiger charge is -2.41. The number of nitrogens with one attached hydrogen (secondary N) is 2. The number of halogens is 1. The molecule has 1 aliphatic carbocycles. The molecule has 2 heterocycles. The molecule has 26 heavy (non-hydrogen) atoms. The number of guanidine groups is 1. The van der Waals surface area contributed by atoms with Gasteiger partial charge in [-0.15, -0.1) is 0 Å². The average Bonchev–Trinajstić information content (AvgIpc) is 3.35. The predicted molar refractivity (Wildman–Crippen MR) is 105 cm³/mol. The number of rotatable bonds is 3. The standard InChI is InChI=1S/C20H27ClN4O/c1-22-18(25-10-2-7-19(14-25)11-17(26)23-12-19)24-13-20(8-9-20)15-3-5-16(21)6-4-15/h3-6H,2,7-14H2,1H3,(H,22,24)(H,23,26). The molecule has 5 nitrogen and oxygen atoms in total. The van der Waals surface area contributed by atoms with Gasteiger partial charge in [0.1, 0.15) is 0 Å². The zero-order chi connectivity index (χ0) is 18.2. The Morgan fingerprint density at radius 3 is 2.69 bits per heavy atom. The number of amides is 1. The van der Waals surface area contributed by atoms with Gasteiger partial charge >= 0.3 is 0 Å². The number of aliphatic imine (C=N–C) groups is 1. The molecule has 2 N–H and O–H groups in total. The molecular weight excluding hydrogens is 348 g/mol. The van der Waals surface area contributed by atoms with Crippen LogP contribution in [0.25, 0.3) is 0 Å². The van der Waals surface area contributed by atoms with E-state index in [9.17, 15) is 4.79 Å². The molecule has 140 valence electrons. The van der Waals surface area contributed by atoms with Crippen molar-refractivity contribution < 1.29 is 4.79 Å². The predicted octanol–water partition coefficient (Wildman–Crippen LogP) is 2.55. The summed E-state index contributed by atoms with van der Waals surface area (Å²) in [6.07, 6.45) is 5.27. The molecule has 1 unspecified atom stereocenters. The summed E-state index contributed by atoms with van der Waals surface area (Å²) in [5, 5.41) is 7.41. The Hall–Kier alpha value is -1.75. The van der Waals surface area contributed by atoms with Crippen LogP contribution in [-0.4, -0.2) is 50.0 Å². The first kappa shape index (κ1) is 17.7. The van der Waals surface area contributed by atoms with E-state index in [2.05, 4.69) is 32.7 Å². The molecule has 3 fully saturated rings. The van der Waals surface area contributed by atoms with E-state index in [4.69, 9.17) is 11.6 Å². The first-order chi connectivity index (χ1) is 12.5. The lowest BCUT2D eigenvalue weighted by molar-refractivity contribution is -0.119. The number of benzene rings is 1. The van der Waals surface area contributed by atoms with Gasteiger partial charge in [-0.3, -0.25) is 9.79 Å². The van der Waals surface area contributed by atoms with E-state index in [1.165, 1.54) is 18.4 Å². The van der Waals surface area contributed by atoms with Crippen molar-refractivity contribution in [1.82, 2.24) is 15.5 Å². The number of carbonyl (C=O) groups is 1. The highest BCUT2D eigenvalue weighted by atomic mass is 35.5. The van der Waals surface area contributed by atoms with Crippen LogP contribution in [0.3, 0.4) is 0 Å². The smallest absolute Gasteiger partial charge is 0.220 e. The first-order valence-corrected chi connectivity index (χ1v) is 9.90. The van der Waals surface area contributed by atoms with Crippen molar-refractivity contribution in [3.63, 3.8) is 0 Å². The Morgan fingerprint density at radius 2 is 2.08 bits per heavy atom. The van der Waals surface area contributed by atoms with Gasteiger partial charge in [0, 0.05) is 55.5 Å². The molecule has 1 aromatic rings. The van der Waals surface area contributed by atoms with Crippen LogP contribution in [0.4, 0.5) is 0 Å². The molecule has 1 saturated carbocycles. The molecule has 1 amide bonds. The van der Waals surface area contributed by atoms with E-state index < -0.39 is 0 Å². The lowest BCUT2D eigenvalue weighted by Crippen LogP contribution is -2.52. The fraction of sp³-hybridized carbons (Fsp3) is 0.600. The first-order valence-electron chi connectivity index (χ1n) is 9.53. The fourth-order valence-corrected chi connectivity index (χ4v) is 4.66. The summed E-state index contributed by atoms with van der Waals surface area (Å²) in [5.41, 5.74) is 1.64. The molecule has 1 atom stereocenters. The van der Waals surface area contributed by atoms with Gasteiger partial charge in [0.15, 0.2) is 5.96 Å². The number of likely N-dealkylation sites (tertiary alicyclic amines) is 1. The third-order valence-corrected chi connectivity index (χ3v) is 6.52. The number of carbonyl (C=O) groups excluding carboxylic acids is 1. The van der Waals surface area contributed by atoms with Gasteiger partial charge in [0.05, 0.1) is 0 Å². The van der Waals surface area contributed by atoms with E-state index >= 15 is 0 Å². The highest BCUT2D eigenvalue weighted by Crippen LogP contribution is 2.47. The summed E-state index contributed by atoms with van der Waals surface area (Å²) in [6, 6.07) is 8.24. The van der Waals surface area contributed by atoms with E-state index in [1.54, 1.807) is 0 Å². The van der Waals surface area contributed by atoms with E-state index in [-0.39, 0.29) is 16.7 Å². The molecule has 3 aliphatic rings. The highest BCUT2D eigenvalue weighted by molar-refractivity contribution is 6.30. The van der Waals surface area contributed by atoms with Gasteiger partial charge in [-0.25, -0.2) is 0 Å². The molecule has 2 saturated heterocycles. The van der Waals surface area contributed by atoms with Crippen LogP contribution in [0.15, 0.2) is 29.3 Å². The number of hydrogen-bond acceptors (Lipinski definition) is 2. The summed E-state index contributed by atoms with van der Waals surface area (Å²) in [4.78, 5) is 18.6. The largest absolute Gasteiger partial charge is 0.355 e. The van der Waals surface area contributed by atoms with Crippen molar-refractivity contribution in [2.75, 3.05) is 33.2 Å². The van der Waals surface area contributed by atoms with Gasteiger partial charge in [0.25, 0.3) is 0 Å². The minimum absolute atomic E-state index is 0.0837. The van der Waals surface area contributed by atoms with Crippen LogP contribution in [0.2, 0.25) is 5.02 Å². The Morgan fingerprint density at radius 1 is 1.31 bits per heavy atom. The van der Waals surface area contributed by atoms with Crippen molar-refractivity contribution in [3.05, 3.63) is 34.9 Å². The summed E-state index contributed by atoms with van der Waals surface area (Å²) in [5.74, 6) is 1.15. The number of piperidine rings is 1. The summed E-state index contributed by atoms with van der Waals surface area (Å²) in [7, 11) is 1.85. The van der Waals surface area contributed by atoms with Crippen LogP contribution >= 0.6 is 11.6 Å². The molecule has 0 radical (unpaired) electrons. The molecular formula is C20H27ClN4O. The van der Waals surface area contributed by atoms with Crippen LogP contribution in [0, 0.1) is 5.41 Å². The fourth-order valence-electron chi connectivity index (χ4n) is 4.53. The molecule has 6 heteroatoms. The lowest BCUT2D eigenvalue weighted by atomic mass is 9.79. The van der Waals surface area contributed by atoms with E-state index in [1.807, 2.05) is 19.2 Å². The second kappa shape index (κ2) is 6.76. The van der Waals surface area contributed by atoms with E-state index in [0.29, 0.717) is 6.42 Å². The Kier molecular flexibility index (Phi) is 4.59. The third kappa shape index (κ3) is 3.41. The molecule has 4 rings (SSSR count). The highest BCUT2D eigenvalue weighted by Gasteiger charge is 2.45. The topological polar surface area (TPSA) is 56.7 Å². The van der Waals surface area contributed by atoms with Crippen molar-refractivity contribution in [2.24, 2.45) is 10.4 Å². The maximum absolute atomic E-state index is 11.7. The molecule has 0 aromatic heterocycles. The SMILES string of the molecule is CN=C(NCC1(c2ccc(Cl)cc2)CC1)N1CCCC2(CNC(=O)C2)C1. The van der Waals surface area contributed by atoms with Crippen LogP contribution in [-0.2, 0) is 10.2 Å². The number of nitrogens with zero attached hydrogens (tertiary/aromatic N) is 2. The maximum Gasteiger partial charge on any atom is 0.220 e. The van der Waals surface area contributed by atoms with Crippen LogP contribution in [0.1, 0.15) is 37.7 Å². The van der Waals surface area contributed by atoms with Gasteiger partial charge in [-0.1, -0.05) is 23.7 Å². The molecule has 0 bridgehead atoms. The Bertz CT molecular complexity index is 713. The summed E-state index contributed by atoms with van der Waals surface area (Å²) >= 11 is 6.03. The average molecular weight is 375 g/mol. The van der Waals surface area contributed by atoms with Gasteiger partial charge in [-0.05, 0) is 43.4 Å². The van der Waals surface area contributed by atoms with E-state index in [0.717, 1.165) is 50.0 Å². The van der Waals surface area contributed by atoms with Crippen molar-refractivity contribution in [2.45, 2.75) is 37.5 Å². The third-order valence-electron chi connectivity index (χ3n) is 6.26. The Labute approximate surface area is 160 Å². The monoisotopic (exact) mass is 374 g/mol. The van der Waals surface area contributed by atoms with Crippen molar-refractivity contribution in [1.29, 1.82) is 0 Å². The summed E-state index contributed by atoms with van der Waals surface area (Å²) < 4.78 is 0. The maximum atomic E-state index is 11.7. The quantitative estimate of drug-likeness (QED) is 0.631. The molecule has 1 aromatic carbocycles. The Balaban J connectivity index is 1.40. The minimum Gasteiger partial charge on any atom is -0.355 e.